The van der Waals surface area contributed by atoms with Crippen molar-refractivity contribution in [2.75, 3.05) is 0 Å². The van der Waals surface area contributed by atoms with Crippen LogP contribution >= 0.6 is 63.7 Å². The summed E-state index contributed by atoms with van der Waals surface area (Å²) in [5.41, 5.74) is 0. The molecule has 0 atom stereocenters. The Balaban J connectivity index is 3.81. The molecule has 0 aliphatic rings. The molecule has 0 radical (unpaired) electrons. The molecule has 0 spiro atoms. The molecule has 0 saturated heterocycles. The Bertz CT molecular complexity index is 600. The molecule has 0 amide bonds. The maximum Gasteiger partial charge on any atom is 0.341 e. The lowest BCUT2D eigenvalue weighted by Gasteiger charge is -2.22. The van der Waals surface area contributed by atoms with Crippen molar-refractivity contribution in [1.29, 1.82) is 0 Å². The second-order valence-electron chi connectivity index (χ2n) is 12.8. The summed E-state index contributed by atoms with van der Waals surface area (Å²) in [7, 11) is 0. The first-order valence-electron chi connectivity index (χ1n) is 18.2. The van der Waals surface area contributed by atoms with E-state index in [1.807, 2.05) is 0 Å². The summed E-state index contributed by atoms with van der Waals surface area (Å²) in [6.07, 6.45) is 37.5. The van der Waals surface area contributed by atoms with E-state index in [2.05, 4.69) is 77.6 Å². The monoisotopic (exact) mass is 862 g/mol. The number of ether oxygens (including phenoxy) is 1. The van der Waals surface area contributed by atoms with Crippen molar-refractivity contribution in [3.05, 3.63) is 0 Å². The summed E-state index contributed by atoms with van der Waals surface area (Å²) in [4.78, 5) is 25.4. The van der Waals surface area contributed by atoms with Crippen LogP contribution in [0.1, 0.15) is 206 Å². The van der Waals surface area contributed by atoms with Gasteiger partial charge in [0.05, 0.1) is 0 Å². The van der Waals surface area contributed by atoms with Crippen molar-refractivity contribution in [1.82, 2.24) is 0 Å². The van der Waals surface area contributed by atoms with Gasteiger partial charge in [0.1, 0.15) is 0 Å². The molecule has 0 aromatic heterocycles. The number of halogens is 4. The van der Waals surface area contributed by atoms with Gasteiger partial charge in [-0.05, 0) is 12.8 Å². The summed E-state index contributed by atoms with van der Waals surface area (Å²) in [6, 6.07) is 0. The number of alkyl halides is 4. The van der Waals surface area contributed by atoms with Crippen molar-refractivity contribution in [2.24, 2.45) is 0 Å². The fraction of sp³-hybridized carbons (Fsp3) is 0.944. The predicted octanol–water partition coefficient (Wildman–Crippen LogP) is 14.8. The third-order valence-electron chi connectivity index (χ3n) is 8.47. The summed E-state index contributed by atoms with van der Waals surface area (Å²) in [5, 5.41) is 0. The van der Waals surface area contributed by atoms with Gasteiger partial charge in [-0.15, -0.1) is 0 Å². The van der Waals surface area contributed by atoms with E-state index < -0.39 is 18.4 Å². The highest BCUT2D eigenvalue weighted by Crippen LogP contribution is 2.38. The molecule has 3 nitrogen and oxygen atoms in total. The Morgan fingerprint density at radius 2 is 0.558 bits per heavy atom. The van der Waals surface area contributed by atoms with Crippen molar-refractivity contribution < 1.29 is 14.3 Å². The molecule has 0 aliphatic heterocycles. The van der Waals surface area contributed by atoms with Gasteiger partial charge in [0.25, 0.3) is 0 Å². The molecule has 0 aromatic rings. The van der Waals surface area contributed by atoms with Crippen molar-refractivity contribution in [3.63, 3.8) is 0 Å². The normalized spacial score (nSPS) is 12.1. The summed E-state index contributed by atoms with van der Waals surface area (Å²) in [6.45, 7) is 4.54. The number of hydrogen-bond acceptors (Lipinski definition) is 3. The van der Waals surface area contributed by atoms with Crippen molar-refractivity contribution >= 4 is 75.7 Å². The zero-order valence-electron chi connectivity index (χ0n) is 27.9. The van der Waals surface area contributed by atoms with E-state index in [4.69, 9.17) is 4.74 Å². The van der Waals surface area contributed by atoms with Gasteiger partial charge < -0.3 is 4.74 Å². The predicted molar refractivity (Wildman–Crippen MR) is 202 cm³/mol. The molecule has 0 heterocycles. The van der Waals surface area contributed by atoms with Crippen LogP contribution in [-0.4, -0.2) is 18.4 Å². The number of unbranched alkanes of at least 4 members (excludes halogenated alkanes) is 26. The molecule has 0 bridgehead atoms. The zero-order valence-corrected chi connectivity index (χ0v) is 34.3. The van der Waals surface area contributed by atoms with E-state index in [1.54, 1.807) is 0 Å². The second kappa shape index (κ2) is 30.4. The van der Waals surface area contributed by atoms with Crippen LogP contribution in [0.2, 0.25) is 0 Å². The molecule has 0 aliphatic carbocycles. The summed E-state index contributed by atoms with van der Waals surface area (Å²) < 4.78 is 3.22. The molecule has 0 aromatic carbocycles. The van der Waals surface area contributed by atoms with E-state index in [-0.39, 0.29) is 0 Å². The Labute approximate surface area is 300 Å². The van der Waals surface area contributed by atoms with Gasteiger partial charge in [-0.2, -0.15) is 0 Å². The van der Waals surface area contributed by atoms with Crippen LogP contribution < -0.4 is 0 Å². The van der Waals surface area contributed by atoms with E-state index >= 15 is 0 Å². The highest BCUT2D eigenvalue weighted by molar-refractivity contribution is 9.26. The van der Waals surface area contributed by atoms with E-state index in [0.717, 1.165) is 25.7 Å². The highest BCUT2D eigenvalue weighted by atomic mass is 79.9. The number of carbonyl (C=O) groups is 2. The summed E-state index contributed by atoms with van der Waals surface area (Å²) in [5.74, 6) is -1.15. The second-order valence-corrected chi connectivity index (χ2v) is 20.3. The molecule has 0 saturated carbocycles. The lowest BCUT2D eigenvalue weighted by atomic mass is 10.0. The molecule has 0 unspecified atom stereocenters. The SMILES string of the molecule is CCCCCCCCCCCCCCCCC(Br)(Br)C(=O)OC(=O)C(Br)(Br)CCCCCCCCCCCCCCCC. The Hall–Kier alpha value is 1.06. The van der Waals surface area contributed by atoms with Crippen LogP contribution in [0.3, 0.4) is 0 Å². The first-order chi connectivity index (χ1) is 20.7. The van der Waals surface area contributed by atoms with Crippen LogP contribution in [0.15, 0.2) is 0 Å². The average molecular weight is 867 g/mol. The molecule has 7 heteroatoms. The quantitative estimate of drug-likeness (QED) is 0.0293. The van der Waals surface area contributed by atoms with E-state index in [0.29, 0.717) is 12.8 Å². The van der Waals surface area contributed by atoms with Crippen molar-refractivity contribution in [2.45, 2.75) is 213 Å². The van der Waals surface area contributed by atoms with Gasteiger partial charge in [0, 0.05) is 0 Å². The lowest BCUT2D eigenvalue weighted by molar-refractivity contribution is -0.159. The van der Waals surface area contributed by atoms with E-state index in [1.165, 1.54) is 154 Å². The minimum Gasteiger partial charge on any atom is -0.390 e. The number of carbonyl (C=O) groups excluding carboxylic acids is 2. The number of hydrogen-bond donors (Lipinski definition) is 0. The summed E-state index contributed by atoms with van der Waals surface area (Å²) >= 11 is 13.8. The van der Waals surface area contributed by atoms with Crippen LogP contribution in [0.25, 0.3) is 0 Å². The fourth-order valence-corrected chi connectivity index (χ4v) is 6.97. The first kappa shape index (κ1) is 44.1. The smallest absolute Gasteiger partial charge is 0.341 e. The standard InChI is InChI=1S/C36H66Br4O3/c1-3-5-7-9-11-13-15-17-19-21-23-25-27-29-31-35(37,38)33(41)43-34(42)36(39,40)32-30-28-26-24-22-20-18-16-14-12-10-8-6-4-2/h3-32H2,1-2H3. The van der Waals surface area contributed by atoms with Gasteiger partial charge in [-0.25, -0.2) is 9.59 Å². The fourth-order valence-electron chi connectivity index (χ4n) is 5.52. The van der Waals surface area contributed by atoms with Gasteiger partial charge in [-0.1, -0.05) is 257 Å². The minimum atomic E-state index is -1.02. The topological polar surface area (TPSA) is 43.4 Å². The van der Waals surface area contributed by atoms with Crippen LogP contribution in [0.4, 0.5) is 0 Å². The zero-order chi connectivity index (χ0) is 32.1. The van der Waals surface area contributed by atoms with Gasteiger partial charge >= 0.3 is 11.9 Å². The minimum absolute atomic E-state index is 0.573. The molecule has 0 fully saturated rings. The van der Waals surface area contributed by atoms with Crippen LogP contribution in [-0.2, 0) is 14.3 Å². The van der Waals surface area contributed by atoms with Crippen LogP contribution in [0.5, 0.6) is 0 Å². The maximum absolute atomic E-state index is 12.7. The molecule has 43 heavy (non-hydrogen) atoms. The molecular weight excluding hydrogens is 800 g/mol. The lowest BCUT2D eigenvalue weighted by Crippen LogP contribution is -2.35. The molecule has 256 valence electrons. The van der Waals surface area contributed by atoms with Crippen molar-refractivity contribution in [3.8, 4) is 0 Å². The number of esters is 2. The first-order valence-corrected chi connectivity index (χ1v) is 21.4. The maximum atomic E-state index is 12.7. The van der Waals surface area contributed by atoms with Crippen LogP contribution in [0, 0.1) is 0 Å². The largest absolute Gasteiger partial charge is 0.390 e. The Morgan fingerprint density at radius 1 is 0.372 bits per heavy atom. The average Bonchev–Trinajstić information content (AvgIpc) is 2.97. The van der Waals surface area contributed by atoms with Gasteiger partial charge in [-0.3, -0.25) is 0 Å². The molecule has 0 N–H and O–H groups in total. The van der Waals surface area contributed by atoms with E-state index in [9.17, 15) is 9.59 Å². The van der Waals surface area contributed by atoms with Gasteiger partial charge in [0.15, 0.2) is 6.47 Å². The third-order valence-corrected chi connectivity index (χ3v) is 11.4. The van der Waals surface area contributed by atoms with Gasteiger partial charge in [0.2, 0.25) is 0 Å². The molecule has 0 rings (SSSR count). The highest BCUT2D eigenvalue weighted by Gasteiger charge is 2.41. The Kier molecular flexibility index (Phi) is 31.1. The third kappa shape index (κ3) is 27.8. The Morgan fingerprint density at radius 3 is 0.767 bits per heavy atom. The molecular formula is C36H66Br4O3. The number of rotatable bonds is 32.